The van der Waals surface area contributed by atoms with E-state index in [0.717, 1.165) is 134 Å². The molecule has 0 N–H and O–H groups in total. The molecule has 91 heavy (non-hydrogen) atoms. The summed E-state index contributed by atoms with van der Waals surface area (Å²) in [5.74, 6) is 0.634. The van der Waals surface area contributed by atoms with Crippen LogP contribution in [0.4, 0.5) is 5.69 Å². The van der Waals surface area contributed by atoms with Crippen LogP contribution >= 0.6 is 0 Å². The standard InChI is InChI=1S/C84H51N7/c1-86-64-40-32-56(33-41-64)62-39-47-82-74(49-62)73-48-61(55-30-28-54(53-85)29-31-55)38-46-81(73)91(82)83-71(57-34-42-65(43-35-57)89-77-24-12-8-20-67(77)68-21-9-13-25-78(68)89)50-63(76-52-75(59-16-4-2-5-17-59)87-84(88-76)60-18-6-3-7-19-60)51-72(83)58-36-44-66(45-37-58)90-79-26-14-10-22-69(79)70-23-11-15-27-80(70)90/h2-52H. The van der Waals surface area contributed by atoms with Gasteiger partial charge in [-0.3, -0.25) is 0 Å². The molecule has 0 spiro atoms. The molecule has 0 aliphatic carbocycles. The van der Waals surface area contributed by atoms with Crippen LogP contribution in [0.15, 0.2) is 309 Å². The highest BCUT2D eigenvalue weighted by Gasteiger charge is 2.25. The lowest BCUT2D eigenvalue weighted by molar-refractivity contribution is 1.16. The number of rotatable bonds is 10. The van der Waals surface area contributed by atoms with Crippen LogP contribution in [-0.2, 0) is 0 Å². The zero-order chi connectivity index (χ0) is 60.5. The Bertz CT molecular complexity index is 5350. The lowest BCUT2D eigenvalue weighted by atomic mass is 9.91. The summed E-state index contributed by atoms with van der Waals surface area (Å²) >= 11 is 0. The van der Waals surface area contributed by atoms with Crippen molar-refractivity contribution in [2.45, 2.75) is 0 Å². The average Bonchev–Trinajstić information content (AvgIpc) is 1.66. The molecule has 0 aliphatic rings. The normalized spacial score (nSPS) is 11.5. The predicted molar refractivity (Wildman–Crippen MR) is 374 cm³/mol. The van der Waals surface area contributed by atoms with Crippen molar-refractivity contribution in [3.05, 3.63) is 326 Å². The molecule has 0 unspecified atom stereocenters. The lowest BCUT2D eigenvalue weighted by Crippen LogP contribution is -2.03. The maximum atomic E-state index is 9.82. The number of nitriles is 1. The second-order valence-electron chi connectivity index (χ2n) is 23.1. The van der Waals surface area contributed by atoms with Crippen LogP contribution in [0.1, 0.15) is 5.56 Å². The summed E-state index contributed by atoms with van der Waals surface area (Å²) in [7, 11) is 0. The Morgan fingerprint density at radius 2 is 0.670 bits per heavy atom. The Kier molecular flexibility index (Phi) is 12.5. The number of para-hydroxylation sites is 4. The van der Waals surface area contributed by atoms with E-state index < -0.39 is 0 Å². The fourth-order valence-electron chi connectivity index (χ4n) is 13.6. The van der Waals surface area contributed by atoms with Crippen LogP contribution < -0.4 is 0 Å². The second-order valence-corrected chi connectivity index (χ2v) is 23.1. The first kappa shape index (κ1) is 52.6. The number of nitrogens with zero attached hydrogens (tertiary/aromatic N) is 7. The van der Waals surface area contributed by atoms with Crippen LogP contribution in [0.2, 0.25) is 0 Å². The summed E-state index contributed by atoms with van der Waals surface area (Å²) in [5.41, 5.74) is 23.5. The fourth-order valence-corrected chi connectivity index (χ4v) is 13.6. The van der Waals surface area contributed by atoms with Crippen molar-refractivity contribution in [3.8, 4) is 102 Å². The van der Waals surface area contributed by atoms with Crippen LogP contribution in [-0.4, -0.2) is 23.7 Å². The molecule has 0 fully saturated rings. The number of hydrogen-bond donors (Lipinski definition) is 0. The van der Waals surface area contributed by atoms with Gasteiger partial charge in [0.25, 0.3) is 0 Å². The van der Waals surface area contributed by atoms with Crippen molar-refractivity contribution in [1.29, 1.82) is 5.26 Å². The smallest absolute Gasteiger partial charge is 0.187 e. The van der Waals surface area contributed by atoms with Gasteiger partial charge in [-0.15, -0.1) is 0 Å². The largest absolute Gasteiger partial charge is 0.309 e. The summed E-state index contributed by atoms with van der Waals surface area (Å²) in [5, 5.41) is 16.8. The van der Waals surface area contributed by atoms with Gasteiger partial charge in [0.1, 0.15) is 0 Å². The van der Waals surface area contributed by atoms with Crippen LogP contribution in [0, 0.1) is 17.9 Å². The first-order valence-electron chi connectivity index (χ1n) is 30.5. The summed E-state index contributed by atoms with van der Waals surface area (Å²) < 4.78 is 7.22. The van der Waals surface area contributed by atoms with Crippen molar-refractivity contribution in [1.82, 2.24) is 23.7 Å². The van der Waals surface area contributed by atoms with Gasteiger partial charge in [-0.1, -0.05) is 206 Å². The molecule has 0 bridgehead atoms. The molecule has 13 aromatic carbocycles. The van der Waals surface area contributed by atoms with Gasteiger partial charge in [-0.2, -0.15) is 5.26 Å². The van der Waals surface area contributed by atoms with Crippen LogP contribution in [0.5, 0.6) is 0 Å². The van der Waals surface area contributed by atoms with Crippen molar-refractivity contribution in [3.63, 3.8) is 0 Å². The molecule has 17 rings (SSSR count). The molecule has 4 aromatic heterocycles. The number of fused-ring (bicyclic) bond motifs is 9. The summed E-state index contributed by atoms with van der Waals surface area (Å²) in [6, 6.07) is 112. The molecule has 422 valence electrons. The summed E-state index contributed by atoms with van der Waals surface area (Å²) in [6.45, 7) is 7.73. The highest BCUT2D eigenvalue weighted by atomic mass is 15.0. The van der Waals surface area contributed by atoms with Gasteiger partial charge in [0.2, 0.25) is 0 Å². The van der Waals surface area contributed by atoms with Crippen molar-refractivity contribution in [2.24, 2.45) is 0 Å². The Balaban J connectivity index is 0.972. The van der Waals surface area contributed by atoms with Crippen molar-refractivity contribution >= 4 is 71.1 Å². The van der Waals surface area contributed by atoms with E-state index in [9.17, 15) is 5.26 Å². The quantitative estimate of drug-likeness (QED) is 0.128. The molecule has 0 atom stereocenters. The molecular formula is C84H51N7. The van der Waals surface area contributed by atoms with Gasteiger partial charge >= 0.3 is 0 Å². The molecule has 0 amide bonds. The maximum Gasteiger partial charge on any atom is 0.187 e. The highest BCUT2D eigenvalue weighted by molar-refractivity contribution is 6.14. The molecule has 7 heteroatoms. The van der Waals surface area contributed by atoms with Gasteiger partial charge in [0.05, 0.1) is 68.4 Å². The molecule has 17 aromatic rings. The minimum Gasteiger partial charge on any atom is -0.309 e. The molecule has 4 heterocycles. The Hall–Kier alpha value is -12.7. The lowest BCUT2D eigenvalue weighted by Gasteiger charge is -2.22. The highest BCUT2D eigenvalue weighted by Crippen LogP contribution is 2.47. The third-order valence-electron chi connectivity index (χ3n) is 17.9. The molecule has 0 saturated heterocycles. The van der Waals surface area contributed by atoms with E-state index in [1.165, 1.54) is 21.5 Å². The zero-order valence-electron chi connectivity index (χ0n) is 49.1. The number of benzene rings is 13. The molecule has 0 radical (unpaired) electrons. The Morgan fingerprint density at radius 3 is 1.11 bits per heavy atom. The summed E-state index contributed by atoms with van der Waals surface area (Å²) in [6.07, 6.45) is 0. The molecule has 0 saturated carbocycles. The van der Waals surface area contributed by atoms with E-state index >= 15 is 0 Å². The Labute approximate surface area is 525 Å². The monoisotopic (exact) mass is 1160 g/mol. The minimum absolute atomic E-state index is 0.595. The van der Waals surface area contributed by atoms with Crippen LogP contribution in [0.25, 0.3) is 166 Å². The van der Waals surface area contributed by atoms with E-state index in [2.05, 4.69) is 261 Å². The van der Waals surface area contributed by atoms with Gasteiger partial charge in [-0.05, 0) is 137 Å². The second kappa shape index (κ2) is 21.6. The van der Waals surface area contributed by atoms with Crippen molar-refractivity contribution < 1.29 is 0 Å². The van der Waals surface area contributed by atoms with Gasteiger partial charge in [0.15, 0.2) is 11.5 Å². The minimum atomic E-state index is 0.595. The van der Waals surface area contributed by atoms with E-state index in [0.29, 0.717) is 17.1 Å². The van der Waals surface area contributed by atoms with E-state index in [1.54, 1.807) is 0 Å². The first-order valence-corrected chi connectivity index (χ1v) is 30.5. The van der Waals surface area contributed by atoms with E-state index in [4.69, 9.17) is 16.5 Å². The third-order valence-corrected chi connectivity index (χ3v) is 17.9. The fraction of sp³-hybridized carbons (Fsp3) is 0. The number of aromatic nitrogens is 5. The molecule has 0 aliphatic heterocycles. The van der Waals surface area contributed by atoms with E-state index in [1.807, 2.05) is 72.8 Å². The van der Waals surface area contributed by atoms with Gasteiger partial charge in [0, 0.05) is 71.5 Å². The third kappa shape index (κ3) is 8.96. The predicted octanol–water partition coefficient (Wildman–Crippen LogP) is 21.9. The number of hydrogen-bond acceptors (Lipinski definition) is 3. The summed E-state index contributed by atoms with van der Waals surface area (Å²) in [4.78, 5) is 14.5. The maximum absolute atomic E-state index is 9.82. The average molecular weight is 1160 g/mol. The topological polar surface area (TPSA) is 68.7 Å². The van der Waals surface area contributed by atoms with Gasteiger partial charge in [-0.25, -0.2) is 14.8 Å². The SMILES string of the molecule is [C-]#[N+]c1ccc(-c2ccc3c(c2)c2cc(-c4ccc(C#N)cc4)ccc2n3-c2c(-c3ccc(-n4c5ccccc5c5ccccc54)cc3)cc(-c3cc(-c4ccccc4)nc(-c4ccccc4)n3)cc2-c2ccc(-n3c4ccccc4c4ccccc43)cc2)cc1. The van der Waals surface area contributed by atoms with Crippen LogP contribution in [0.3, 0.4) is 0 Å². The van der Waals surface area contributed by atoms with Crippen molar-refractivity contribution in [2.75, 3.05) is 0 Å². The first-order chi connectivity index (χ1) is 45.0. The Morgan fingerprint density at radius 1 is 0.297 bits per heavy atom. The zero-order valence-corrected chi connectivity index (χ0v) is 49.1. The van der Waals surface area contributed by atoms with E-state index in [-0.39, 0.29) is 0 Å². The molecule has 7 nitrogen and oxygen atoms in total. The van der Waals surface area contributed by atoms with Gasteiger partial charge < -0.3 is 13.7 Å². The molecular weight excluding hydrogens is 1110 g/mol.